The van der Waals surface area contributed by atoms with Crippen molar-refractivity contribution in [1.82, 2.24) is 4.98 Å². The van der Waals surface area contributed by atoms with E-state index >= 15 is 0 Å². The van der Waals surface area contributed by atoms with Gasteiger partial charge in [-0.2, -0.15) is 0 Å². The average molecular weight is 197 g/mol. The summed E-state index contributed by atoms with van der Waals surface area (Å²) in [5, 5.41) is 9.18. The molecule has 2 rings (SSSR count). The van der Waals surface area contributed by atoms with E-state index in [1.165, 1.54) is 23.4 Å². The number of aryl methyl sites for hydroxylation is 1. The first-order valence-electron chi connectivity index (χ1n) is 4.87. The summed E-state index contributed by atoms with van der Waals surface area (Å²) in [5.41, 5.74) is 3.25. The van der Waals surface area contributed by atoms with Crippen LogP contribution >= 0.6 is 11.3 Å². The maximum absolute atomic E-state index is 9.18. The van der Waals surface area contributed by atoms with Crippen molar-refractivity contribution in [2.24, 2.45) is 0 Å². The van der Waals surface area contributed by atoms with Crippen LogP contribution in [0.1, 0.15) is 42.7 Å². The highest BCUT2D eigenvalue weighted by Gasteiger charge is 2.28. The molecule has 0 radical (unpaired) electrons. The van der Waals surface area contributed by atoms with E-state index in [-0.39, 0.29) is 6.10 Å². The van der Waals surface area contributed by atoms with Gasteiger partial charge in [-0.15, -0.1) is 11.3 Å². The average Bonchev–Trinajstić information content (AvgIpc) is 2.82. The highest BCUT2D eigenvalue weighted by atomic mass is 32.1. The molecule has 1 aromatic rings. The van der Waals surface area contributed by atoms with Crippen molar-refractivity contribution in [3.8, 4) is 0 Å². The number of aliphatic hydroxyl groups excluding tert-OH is 1. The van der Waals surface area contributed by atoms with Gasteiger partial charge in [0.05, 0.1) is 17.3 Å². The molecular weight excluding hydrogens is 182 g/mol. The van der Waals surface area contributed by atoms with Crippen molar-refractivity contribution in [3.63, 3.8) is 0 Å². The van der Waals surface area contributed by atoms with Crippen LogP contribution in [-0.4, -0.2) is 16.2 Å². The third-order valence-corrected chi connectivity index (χ3v) is 3.33. The Balaban J connectivity index is 1.98. The lowest BCUT2D eigenvalue weighted by atomic mass is 10.1. The van der Waals surface area contributed by atoms with Gasteiger partial charge in [0, 0.05) is 10.8 Å². The van der Waals surface area contributed by atoms with Crippen molar-refractivity contribution in [1.29, 1.82) is 0 Å². The number of hydrogen-bond acceptors (Lipinski definition) is 3. The molecule has 0 aliphatic heterocycles. The fourth-order valence-electron chi connectivity index (χ4n) is 1.50. The molecule has 3 heteroatoms. The van der Waals surface area contributed by atoms with Crippen LogP contribution in [0.25, 0.3) is 0 Å². The predicted octanol–water partition coefficient (Wildman–Crippen LogP) is 2.33. The summed E-state index contributed by atoms with van der Waals surface area (Å²) < 4.78 is 0. The number of aromatic nitrogens is 1. The molecule has 0 spiro atoms. The summed E-state index contributed by atoms with van der Waals surface area (Å²) in [4.78, 5) is 5.79. The van der Waals surface area contributed by atoms with Gasteiger partial charge in [0.25, 0.3) is 0 Å². The topological polar surface area (TPSA) is 33.1 Å². The summed E-state index contributed by atoms with van der Waals surface area (Å²) in [6.45, 7) is 1.85. The molecule has 0 saturated heterocycles. The van der Waals surface area contributed by atoms with E-state index in [0.717, 1.165) is 18.8 Å². The molecule has 1 heterocycles. The van der Waals surface area contributed by atoms with Crippen molar-refractivity contribution < 1.29 is 5.11 Å². The van der Waals surface area contributed by atoms with Crippen LogP contribution < -0.4 is 0 Å². The fourth-order valence-corrected chi connectivity index (χ4v) is 2.37. The highest BCUT2D eigenvalue weighted by molar-refractivity contribution is 7.09. The Kier molecular flexibility index (Phi) is 2.65. The van der Waals surface area contributed by atoms with Crippen LogP contribution in [0.2, 0.25) is 0 Å². The summed E-state index contributed by atoms with van der Waals surface area (Å²) in [7, 11) is 0. The predicted molar refractivity (Wildman–Crippen MR) is 54.1 cm³/mol. The third kappa shape index (κ3) is 2.29. The summed E-state index contributed by atoms with van der Waals surface area (Å²) in [5.74, 6) is 0.746. The van der Waals surface area contributed by atoms with E-state index < -0.39 is 0 Å². The van der Waals surface area contributed by atoms with Gasteiger partial charge >= 0.3 is 0 Å². The van der Waals surface area contributed by atoms with Crippen LogP contribution in [0.4, 0.5) is 0 Å². The Labute approximate surface area is 82.6 Å². The monoisotopic (exact) mass is 197 g/mol. The molecule has 72 valence electrons. The maximum atomic E-state index is 9.18. The minimum atomic E-state index is -0.186. The first-order valence-corrected chi connectivity index (χ1v) is 5.75. The van der Waals surface area contributed by atoms with Crippen molar-refractivity contribution in [2.75, 3.05) is 0 Å². The molecular formula is C10H15NOS. The van der Waals surface area contributed by atoms with Gasteiger partial charge in [-0.25, -0.2) is 4.98 Å². The van der Waals surface area contributed by atoms with Gasteiger partial charge in [0.2, 0.25) is 0 Å². The normalized spacial score (nSPS) is 18.9. The van der Waals surface area contributed by atoms with Gasteiger partial charge in [-0.1, -0.05) is 0 Å². The Morgan fingerprint density at radius 3 is 3.08 bits per heavy atom. The van der Waals surface area contributed by atoms with Gasteiger partial charge in [-0.3, -0.25) is 0 Å². The fraction of sp³-hybridized carbons (Fsp3) is 0.700. The quantitative estimate of drug-likeness (QED) is 0.803. The second-order valence-electron chi connectivity index (χ2n) is 3.82. The van der Waals surface area contributed by atoms with E-state index in [1.54, 1.807) is 11.3 Å². The number of hydrogen-bond donors (Lipinski definition) is 1. The van der Waals surface area contributed by atoms with Crippen LogP contribution in [0.3, 0.4) is 0 Å². The molecule has 2 nitrogen and oxygen atoms in total. The third-order valence-electron chi connectivity index (χ3n) is 2.43. The van der Waals surface area contributed by atoms with Crippen molar-refractivity contribution >= 4 is 11.3 Å². The zero-order chi connectivity index (χ0) is 9.26. The first kappa shape index (κ1) is 9.16. The van der Waals surface area contributed by atoms with E-state index in [9.17, 15) is 5.11 Å². The molecule has 1 fully saturated rings. The van der Waals surface area contributed by atoms with Gasteiger partial charge < -0.3 is 5.11 Å². The maximum Gasteiger partial charge on any atom is 0.0797 e. The Morgan fingerprint density at radius 2 is 2.46 bits per heavy atom. The number of nitrogens with zero attached hydrogens (tertiary/aromatic N) is 1. The van der Waals surface area contributed by atoms with Crippen LogP contribution in [0.5, 0.6) is 0 Å². The van der Waals surface area contributed by atoms with E-state index in [2.05, 4.69) is 4.98 Å². The molecule has 0 bridgehead atoms. The van der Waals surface area contributed by atoms with Crippen molar-refractivity contribution in [2.45, 2.75) is 44.6 Å². The van der Waals surface area contributed by atoms with E-state index in [1.807, 2.05) is 12.4 Å². The molecule has 1 N–H and O–H groups in total. The lowest BCUT2D eigenvalue weighted by Crippen LogP contribution is -2.01. The van der Waals surface area contributed by atoms with Gasteiger partial charge in [-0.05, 0) is 32.6 Å². The summed E-state index contributed by atoms with van der Waals surface area (Å²) in [6.07, 6.45) is 4.29. The molecule has 13 heavy (non-hydrogen) atoms. The first-order chi connectivity index (χ1) is 6.27. The number of thiazole rings is 1. The Morgan fingerprint density at radius 1 is 1.69 bits per heavy atom. The zero-order valence-corrected chi connectivity index (χ0v) is 8.68. The number of aliphatic hydroxyl groups is 1. The molecule has 1 aliphatic carbocycles. The second-order valence-corrected chi connectivity index (χ2v) is 4.76. The van der Waals surface area contributed by atoms with Gasteiger partial charge in [0.1, 0.15) is 0 Å². The Bertz CT molecular complexity index is 278. The Hall–Kier alpha value is -0.410. The lowest BCUT2D eigenvalue weighted by molar-refractivity contribution is 0.185. The van der Waals surface area contributed by atoms with Crippen LogP contribution in [0.15, 0.2) is 5.51 Å². The molecule has 0 aromatic carbocycles. The number of rotatable bonds is 4. The largest absolute Gasteiger partial charge is 0.393 e. The minimum Gasteiger partial charge on any atom is -0.393 e. The molecule has 1 aliphatic rings. The van der Waals surface area contributed by atoms with E-state index in [4.69, 9.17) is 0 Å². The molecule has 0 unspecified atom stereocenters. The minimum absolute atomic E-state index is 0.186. The van der Waals surface area contributed by atoms with Crippen molar-refractivity contribution in [3.05, 3.63) is 16.1 Å². The molecule has 0 amide bonds. The zero-order valence-electron chi connectivity index (χ0n) is 7.86. The van der Waals surface area contributed by atoms with Crippen LogP contribution in [0, 0.1) is 0 Å². The van der Waals surface area contributed by atoms with Crippen LogP contribution in [-0.2, 0) is 6.42 Å². The smallest absolute Gasteiger partial charge is 0.0797 e. The molecule has 1 aromatic heterocycles. The standard InChI is InChI=1S/C10H15NOS/c1-7(12)2-5-9-10(8-3-4-8)11-6-13-9/h6-8,12H,2-5H2,1H3/t7-/m1/s1. The second kappa shape index (κ2) is 3.76. The van der Waals surface area contributed by atoms with Gasteiger partial charge in [0.15, 0.2) is 0 Å². The summed E-state index contributed by atoms with van der Waals surface area (Å²) >= 11 is 1.74. The molecule has 1 atom stereocenters. The van der Waals surface area contributed by atoms with E-state index in [0.29, 0.717) is 0 Å². The lowest BCUT2D eigenvalue weighted by Gasteiger charge is -2.03. The SMILES string of the molecule is C[C@@H](O)CCc1scnc1C1CC1. The highest BCUT2D eigenvalue weighted by Crippen LogP contribution is 2.42. The molecule has 1 saturated carbocycles. The summed E-state index contributed by atoms with van der Waals surface area (Å²) in [6, 6.07) is 0.